The zero-order chi connectivity index (χ0) is 21.0. The second-order valence-electron chi connectivity index (χ2n) is 7.79. The van der Waals surface area contributed by atoms with E-state index >= 15 is 0 Å². The maximum absolute atomic E-state index is 14.1. The van der Waals surface area contributed by atoms with Crippen molar-refractivity contribution in [3.05, 3.63) is 53.7 Å². The third-order valence-corrected chi connectivity index (χ3v) is 5.83. The van der Waals surface area contributed by atoms with Gasteiger partial charge in [-0.3, -0.25) is 4.68 Å². The topological polar surface area (TPSA) is 64.9 Å². The number of nitrogens with zero attached hydrogens (tertiary/aromatic N) is 5. The van der Waals surface area contributed by atoms with Crippen molar-refractivity contribution < 1.29 is 13.2 Å². The molecule has 1 fully saturated rings. The van der Waals surface area contributed by atoms with Gasteiger partial charge in [-0.1, -0.05) is 12.1 Å². The van der Waals surface area contributed by atoms with Crippen molar-refractivity contribution in [1.29, 1.82) is 0 Å². The Labute approximate surface area is 170 Å². The van der Waals surface area contributed by atoms with E-state index in [1.54, 1.807) is 10.9 Å². The molecule has 2 atom stereocenters. The molecule has 0 amide bonds. The number of imidazole rings is 1. The summed E-state index contributed by atoms with van der Waals surface area (Å²) in [6, 6.07) is 7.49. The number of hydrogen-bond donors (Lipinski definition) is 1. The van der Waals surface area contributed by atoms with Crippen molar-refractivity contribution in [2.45, 2.75) is 25.2 Å². The maximum atomic E-state index is 14.1. The Morgan fingerprint density at radius 2 is 1.97 bits per heavy atom. The number of fused-ring (bicyclic) bond motifs is 2. The highest BCUT2D eigenvalue weighted by atomic mass is 19.2. The van der Waals surface area contributed by atoms with E-state index in [1.165, 1.54) is 0 Å². The number of aromatic nitrogens is 4. The van der Waals surface area contributed by atoms with Crippen LogP contribution >= 0.6 is 0 Å². The number of benzene rings is 2. The predicted octanol–water partition coefficient (Wildman–Crippen LogP) is 3.13. The average Bonchev–Trinajstić information content (AvgIpc) is 3.26. The number of hydrogen-bond acceptors (Lipinski definition) is 4. The Bertz CT molecular complexity index is 1250. The lowest BCUT2D eigenvalue weighted by Gasteiger charge is -2.34. The SMILES string of the molecule is Cn1ncc2c(Cn3c(N4CCC(F)[C@H](N)C4)nc4cc(F)c(F)cc43)cccc21. The molecule has 1 aliphatic heterocycles. The summed E-state index contributed by atoms with van der Waals surface area (Å²) >= 11 is 0. The summed E-state index contributed by atoms with van der Waals surface area (Å²) in [5.74, 6) is -1.36. The third-order valence-electron chi connectivity index (χ3n) is 5.83. The van der Waals surface area contributed by atoms with Gasteiger partial charge in [0.15, 0.2) is 11.6 Å². The monoisotopic (exact) mass is 414 g/mol. The van der Waals surface area contributed by atoms with E-state index in [1.807, 2.05) is 34.7 Å². The van der Waals surface area contributed by atoms with Gasteiger partial charge in [0, 0.05) is 37.7 Å². The van der Waals surface area contributed by atoms with E-state index in [2.05, 4.69) is 10.1 Å². The molecule has 2 N–H and O–H groups in total. The summed E-state index contributed by atoms with van der Waals surface area (Å²) in [5.41, 5.74) is 8.70. The molecule has 5 rings (SSSR count). The molecular formula is C21H21F3N6. The molecular weight excluding hydrogens is 393 g/mol. The minimum Gasteiger partial charge on any atom is -0.340 e. The quantitative estimate of drug-likeness (QED) is 0.560. The van der Waals surface area contributed by atoms with Crippen molar-refractivity contribution in [3.8, 4) is 0 Å². The lowest BCUT2D eigenvalue weighted by atomic mass is 10.1. The zero-order valence-electron chi connectivity index (χ0n) is 16.4. The van der Waals surface area contributed by atoms with Gasteiger partial charge in [0.25, 0.3) is 0 Å². The van der Waals surface area contributed by atoms with Gasteiger partial charge in [0.1, 0.15) is 6.17 Å². The molecule has 2 aromatic carbocycles. The third kappa shape index (κ3) is 3.00. The van der Waals surface area contributed by atoms with Gasteiger partial charge >= 0.3 is 0 Å². The average molecular weight is 414 g/mol. The smallest absolute Gasteiger partial charge is 0.206 e. The van der Waals surface area contributed by atoms with Crippen LogP contribution in [0.3, 0.4) is 0 Å². The second-order valence-corrected chi connectivity index (χ2v) is 7.79. The van der Waals surface area contributed by atoms with Gasteiger partial charge in [-0.05, 0) is 18.1 Å². The van der Waals surface area contributed by atoms with Gasteiger partial charge < -0.3 is 15.2 Å². The van der Waals surface area contributed by atoms with E-state index in [0.29, 0.717) is 30.1 Å². The molecule has 0 bridgehead atoms. The number of aryl methyl sites for hydroxylation is 1. The predicted molar refractivity (Wildman–Crippen MR) is 109 cm³/mol. The van der Waals surface area contributed by atoms with Crippen LogP contribution in [0, 0.1) is 11.6 Å². The molecule has 0 saturated carbocycles. The molecule has 0 aliphatic carbocycles. The van der Waals surface area contributed by atoms with Crippen molar-refractivity contribution >= 4 is 27.9 Å². The number of rotatable bonds is 3. The molecule has 3 heterocycles. The second kappa shape index (κ2) is 7.02. The first-order valence-corrected chi connectivity index (χ1v) is 9.82. The number of nitrogens with two attached hydrogens (primary N) is 1. The van der Waals surface area contributed by atoms with Gasteiger partial charge in [0.2, 0.25) is 5.95 Å². The number of alkyl halides is 1. The van der Waals surface area contributed by atoms with Crippen LogP contribution in [0.5, 0.6) is 0 Å². The van der Waals surface area contributed by atoms with E-state index in [4.69, 9.17) is 5.73 Å². The van der Waals surface area contributed by atoms with Gasteiger partial charge in [-0.25, -0.2) is 18.2 Å². The Balaban J connectivity index is 1.66. The number of halogens is 3. The Morgan fingerprint density at radius 3 is 2.77 bits per heavy atom. The maximum Gasteiger partial charge on any atom is 0.206 e. The molecule has 0 radical (unpaired) electrons. The fraction of sp³-hybridized carbons (Fsp3) is 0.333. The molecule has 1 aliphatic rings. The molecule has 30 heavy (non-hydrogen) atoms. The normalized spacial score (nSPS) is 19.8. The van der Waals surface area contributed by atoms with Gasteiger partial charge in [-0.2, -0.15) is 5.10 Å². The number of anilines is 1. The van der Waals surface area contributed by atoms with Gasteiger partial charge in [0.05, 0.1) is 35.3 Å². The fourth-order valence-electron chi connectivity index (χ4n) is 4.19. The summed E-state index contributed by atoms with van der Waals surface area (Å²) in [6.45, 7) is 1.09. The van der Waals surface area contributed by atoms with Crippen LogP contribution in [0.2, 0.25) is 0 Å². The van der Waals surface area contributed by atoms with Crippen molar-refractivity contribution in [2.75, 3.05) is 18.0 Å². The first kappa shape index (κ1) is 18.9. The molecule has 9 heteroatoms. The molecule has 156 valence electrons. The molecule has 1 unspecified atom stereocenters. The van der Waals surface area contributed by atoms with Crippen LogP contribution in [0.1, 0.15) is 12.0 Å². The van der Waals surface area contributed by atoms with E-state index < -0.39 is 23.8 Å². The summed E-state index contributed by atoms with van der Waals surface area (Å²) in [7, 11) is 1.87. The summed E-state index contributed by atoms with van der Waals surface area (Å²) in [5, 5.41) is 5.29. The lowest BCUT2D eigenvalue weighted by molar-refractivity contribution is 0.243. The Hall–Kier alpha value is -3.07. The van der Waals surface area contributed by atoms with Crippen LogP contribution in [-0.4, -0.2) is 44.6 Å². The number of piperidine rings is 1. The van der Waals surface area contributed by atoms with Crippen molar-refractivity contribution in [1.82, 2.24) is 19.3 Å². The minimum atomic E-state index is -1.07. The van der Waals surface area contributed by atoms with Crippen LogP contribution in [0.25, 0.3) is 21.9 Å². The van der Waals surface area contributed by atoms with Gasteiger partial charge in [-0.15, -0.1) is 0 Å². The van der Waals surface area contributed by atoms with E-state index in [-0.39, 0.29) is 13.0 Å². The lowest BCUT2D eigenvalue weighted by Crippen LogP contribution is -2.50. The standard InChI is InChI=1S/C21H21F3N6/c1-28-19-4-2-3-12(13(19)9-26-28)10-30-20-8-16(24)15(23)7-18(20)27-21(30)29-6-5-14(22)17(25)11-29/h2-4,7-9,14,17H,5-6,10-11,25H2,1H3/t14?,17-/m1/s1. The van der Waals surface area contributed by atoms with E-state index in [0.717, 1.165) is 28.6 Å². The van der Waals surface area contributed by atoms with Crippen molar-refractivity contribution in [3.63, 3.8) is 0 Å². The summed E-state index contributed by atoms with van der Waals surface area (Å²) < 4.78 is 45.5. The molecule has 6 nitrogen and oxygen atoms in total. The molecule has 2 aromatic heterocycles. The fourth-order valence-corrected chi connectivity index (χ4v) is 4.19. The minimum absolute atomic E-state index is 0.283. The van der Waals surface area contributed by atoms with Crippen LogP contribution < -0.4 is 10.6 Å². The van der Waals surface area contributed by atoms with Crippen LogP contribution in [0.15, 0.2) is 36.5 Å². The highest BCUT2D eigenvalue weighted by Gasteiger charge is 2.29. The largest absolute Gasteiger partial charge is 0.340 e. The Morgan fingerprint density at radius 1 is 1.17 bits per heavy atom. The summed E-state index contributed by atoms with van der Waals surface area (Å²) in [6.07, 6.45) is 0.998. The Kier molecular flexibility index (Phi) is 4.43. The van der Waals surface area contributed by atoms with Crippen LogP contribution in [-0.2, 0) is 13.6 Å². The first-order chi connectivity index (χ1) is 14.4. The molecule has 0 spiro atoms. The van der Waals surface area contributed by atoms with E-state index in [9.17, 15) is 13.2 Å². The van der Waals surface area contributed by atoms with Crippen LogP contribution in [0.4, 0.5) is 19.1 Å². The molecule has 1 saturated heterocycles. The van der Waals surface area contributed by atoms with Crippen molar-refractivity contribution in [2.24, 2.45) is 12.8 Å². The summed E-state index contributed by atoms with van der Waals surface area (Å²) in [4.78, 5) is 6.45. The zero-order valence-corrected chi connectivity index (χ0v) is 16.4. The highest BCUT2D eigenvalue weighted by Crippen LogP contribution is 2.30. The molecule has 4 aromatic rings. The highest BCUT2D eigenvalue weighted by molar-refractivity contribution is 5.83. The first-order valence-electron chi connectivity index (χ1n) is 9.82.